The van der Waals surface area contributed by atoms with E-state index in [1.54, 1.807) is 21.1 Å². The number of hydrogen-bond donors (Lipinski definition) is 2. The zero-order valence-electron chi connectivity index (χ0n) is 22.9. The number of ether oxygens (including phenoxy) is 5. The third-order valence-corrected chi connectivity index (χ3v) is 8.03. The van der Waals surface area contributed by atoms with Crippen LogP contribution in [0.4, 0.5) is 0 Å². The summed E-state index contributed by atoms with van der Waals surface area (Å²) in [6, 6.07) is 9.58. The van der Waals surface area contributed by atoms with E-state index >= 15 is 0 Å². The van der Waals surface area contributed by atoms with Crippen LogP contribution in [0.5, 0.6) is 0 Å². The molecule has 37 heavy (non-hydrogen) atoms. The van der Waals surface area contributed by atoms with Gasteiger partial charge in [0, 0.05) is 33.2 Å². The first-order chi connectivity index (χ1) is 17.7. The summed E-state index contributed by atoms with van der Waals surface area (Å²) in [5.41, 5.74) is 0.880. The number of hydrogen-bond acceptors (Lipinski definition) is 8. The number of methoxy groups -OCH3 is 3. The molecule has 0 amide bonds. The van der Waals surface area contributed by atoms with Crippen molar-refractivity contribution in [3.63, 3.8) is 0 Å². The van der Waals surface area contributed by atoms with Gasteiger partial charge in [0.2, 0.25) is 5.79 Å². The van der Waals surface area contributed by atoms with Crippen molar-refractivity contribution < 1.29 is 38.7 Å². The lowest BCUT2D eigenvalue weighted by atomic mass is 9.78. The maximum atomic E-state index is 13.5. The second-order valence-electron chi connectivity index (χ2n) is 10.4. The Kier molecular flexibility index (Phi) is 10.7. The molecule has 10 atom stereocenters. The lowest BCUT2D eigenvalue weighted by Crippen LogP contribution is -2.66. The molecule has 2 heterocycles. The highest BCUT2D eigenvalue weighted by Gasteiger charge is 2.58. The van der Waals surface area contributed by atoms with E-state index in [4.69, 9.17) is 23.7 Å². The van der Waals surface area contributed by atoms with Gasteiger partial charge in [-0.1, -0.05) is 62.8 Å². The number of carbonyl (C=O) groups is 1. The van der Waals surface area contributed by atoms with Gasteiger partial charge >= 0.3 is 5.97 Å². The molecule has 1 aromatic carbocycles. The Morgan fingerprint density at radius 1 is 0.946 bits per heavy atom. The van der Waals surface area contributed by atoms with Crippen molar-refractivity contribution in [2.45, 2.75) is 88.9 Å². The average molecular weight is 521 g/mol. The van der Waals surface area contributed by atoms with Crippen molar-refractivity contribution in [3.8, 4) is 0 Å². The second kappa shape index (κ2) is 13.3. The lowest BCUT2D eigenvalue weighted by Gasteiger charge is -2.51. The summed E-state index contributed by atoms with van der Waals surface area (Å²) in [5, 5.41) is 22.9. The molecule has 2 bridgehead atoms. The predicted octanol–water partition coefficient (Wildman–Crippen LogP) is 3.80. The zero-order chi connectivity index (χ0) is 27.2. The van der Waals surface area contributed by atoms with Gasteiger partial charge in [-0.2, -0.15) is 0 Å². The van der Waals surface area contributed by atoms with Crippen LogP contribution in [0.15, 0.2) is 42.5 Å². The molecule has 2 aliphatic heterocycles. The molecule has 8 heteroatoms. The molecule has 1 fully saturated rings. The quantitative estimate of drug-likeness (QED) is 0.456. The van der Waals surface area contributed by atoms with Gasteiger partial charge in [-0.25, -0.2) is 0 Å². The molecule has 2 N–H and O–H groups in total. The van der Waals surface area contributed by atoms with Gasteiger partial charge in [-0.15, -0.1) is 0 Å². The van der Waals surface area contributed by atoms with Gasteiger partial charge in [0.15, 0.2) is 0 Å². The molecule has 8 nitrogen and oxygen atoms in total. The van der Waals surface area contributed by atoms with E-state index in [0.717, 1.165) is 24.8 Å². The molecule has 0 saturated carbocycles. The fourth-order valence-corrected chi connectivity index (χ4v) is 5.56. The van der Waals surface area contributed by atoms with Gasteiger partial charge in [0.05, 0.1) is 18.3 Å². The maximum Gasteiger partial charge on any atom is 0.314 e. The maximum absolute atomic E-state index is 13.5. The summed E-state index contributed by atoms with van der Waals surface area (Å²) >= 11 is 0. The zero-order valence-corrected chi connectivity index (χ0v) is 22.9. The number of cyclic esters (lactones) is 1. The Bertz CT molecular complexity index is 876. The lowest BCUT2D eigenvalue weighted by molar-refractivity contribution is -0.360. The number of carbonyl (C=O) groups excluding carboxylic acids is 1. The first-order valence-corrected chi connectivity index (χ1v) is 13.3. The highest BCUT2D eigenvalue weighted by molar-refractivity contribution is 5.73. The van der Waals surface area contributed by atoms with E-state index in [1.165, 1.54) is 7.11 Å². The van der Waals surface area contributed by atoms with Crippen molar-refractivity contribution in [2.24, 2.45) is 17.8 Å². The van der Waals surface area contributed by atoms with Crippen LogP contribution in [0.25, 0.3) is 0 Å². The molecule has 0 spiro atoms. The van der Waals surface area contributed by atoms with E-state index in [2.05, 4.69) is 0 Å². The summed E-state index contributed by atoms with van der Waals surface area (Å²) < 4.78 is 29.3. The molecule has 0 aromatic heterocycles. The van der Waals surface area contributed by atoms with Crippen molar-refractivity contribution in [2.75, 3.05) is 21.3 Å². The number of aliphatic hydroxyl groups excluding tert-OH is 1. The molecule has 0 radical (unpaired) electrons. The Morgan fingerprint density at radius 3 is 2.24 bits per heavy atom. The summed E-state index contributed by atoms with van der Waals surface area (Å²) in [7, 11) is 4.72. The molecule has 2 unspecified atom stereocenters. The van der Waals surface area contributed by atoms with E-state index < -0.39 is 42.1 Å². The van der Waals surface area contributed by atoms with Gasteiger partial charge < -0.3 is 33.9 Å². The van der Waals surface area contributed by atoms with Gasteiger partial charge in [0.1, 0.15) is 24.2 Å². The van der Waals surface area contributed by atoms with Crippen LogP contribution in [0, 0.1) is 17.8 Å². The van der Waals surface area contributed by atoms with Crippen LogP contribution in [0.2, 0.25) is 0 Å². The van der Waals surface area contributed by atoms with Crippen LogP contribution in [-0.4, -0.2) is 73.8 Å². The number of rotatable bonds is 4. The van der Waals surface area contributed by atoms with Gasteiger partial charge in [0.25, 0.3) is 0 Å². The van der Waals surface area contributed by atoms with E-state index in [1.807, 2.05) is 56.3 Å². The summed E-state index contributed by atoms with van der Waals surface area (Å²) in [4.78, 5) is 13.5. The molecular weight excluding hydrogens is 476 g/mol. The first-order valence-electron chi connectivity index (χ1n) is 13.3. The molecule has 3 rings (SSSR count). The summed E-state index contributed by atoms with van der Waals surface area (Å²) in [6.45, 7) is 5.36. The molecule has 0 aliphatic carbocycles. The minimum Gasteiger partial charge on any atom is -0.457 e. The first kappa shape index (κ1) is 29.7. The van der Waals surface area contributed by atoms with E-state index in [0.29, 0.717) is 6.42 Å². The topological polar surface area (TPSA) is 104 Å². The normalized spacial score (nSPS) is 41.1. The predicted molar refractivity (Wildman–Crippen MR) is 139 cm³/mol. The highest BCUT2D eigenvalue weighted by atomic mass is 16.7. The van der Waals surface area contributed by atoms with Crippen LogP contribution >= 0.6 is 0 Å². The number of esters is 1. The van der Waals surface area contributed by atoms with Gasteiger partial charge in [-0.3, -0.25) is 4.79 Å². The monoisotopic (exact) mass is 520 g/mol. The number of fused-ring (bicyclic) bond motifs is 2. The van der Waals surface area contributed by atoms with Crippen molar-refractivity contribution >= 4 is 5.97 Å². The van der Waals surface area contributed by atoms with Crippen LogP contribution < -0.4 is 0 Å². The Hall–Kier alpha value is -1.81. The standard InChI is InChI=1S/C29H44O8/c1-18-16-17-24(34-5)23(33-4)15-11-10-14-22(21-12-8-7-9-13-21)36-28(31)20(3)29(32)27(35-6)25(30)19(2)26(18)37-29/h7-9,12-13,16-20,22-27,30,32H,10-11,14-15H2,1-6H3/b17-16+/t18-,19-,20?,22-,23-,24+,25-,26?,27+,29+/m0/s1. The van der Waals surface area contributed by atoms with Gasteiger partial charge in [-0.05, 0) is 31.7 Å². The average Bonchev–Trinajstić information content (AvgIpc) is 2.90. The smallest absolute Gasteiger partial charge is 0.314 e. The number of benzene rings is 1. The third-order valence-electron chi connectivity index (χ3n) is 8.03. The Balaban J connectivity index is 2.01. The summed E-state index contributed by atoms with van der Waals surface area (Å²) in [6.07, 6.45) is 3.29. The fraction of sp³-hybridized carbons (Fsp3) is 0.690. The van der Waals surface area contributed by atoms with Crippen molar-refractivity contribution in [1.82, 2.24) is 0 Å². The van der Waals surface area contributed by atoms with Crippen molar-refractivity contribution in [3.05, 3.63) is 48.0 Å². The summed E-state index contributed by atoms with van der Waals surface area (Å²) in [5.74, 6) is -4.38. The van der Waals surface area contributed by atoms with Crippen LogP contribution in [0.3, 0.4) is 0 Å². The van der Waals surface area contributed by atoms with Crippen LogP contribution in [0.1, 0.15) is 58.1 Å². The van der Waals surface area contributed by atoms with Crippen LogP contribution in [-0.2, 0) is 28.5 Å². The highest BCUT2D eigenvalue weighted by Crippen LogP contribution is 2.42. The number of aliphatic hydroxyl groups is 2. The Labute approximate surface area is 220 Å². The molecule has 208 valence electrons. The Morgan fingerprint density at radius 2 is 1.62 bits per heavy atom. The fourth-order valence-electron chi connectivity index (χ4n) is 5.56. The van der Waals surface area contributed by atoms with Crippen molar-refractivity contribution in [1.29, 1.82) is 0 Å². The molecule has 1 saturated heterocycles. The molecular formula is C29H44O8. The van der Waals surface area contributed by atoms with E-state index in [9.17, 15) is 15.0 Å². The molecule has 2 aliphatic rings. The third kappa shape index (κ3) is 6.61. The SMILES string of the molecule is CO[C@H]1CCCC[C@@H](c2ccccc2)OC(=O)C(C)[C@@]2(O)OC([C@@H](C)[C@H](O)[C@H]2OC)[C@@H](C)/C=C/[C@H]1OC. The molecule has 1 aromatic rings. The minimum atomic E-state index is -2.08. The van der Waals surface area contributed by atoms with E-state index in [-0.39, 0.29) is 24.0 Å². The largest absolute Gasteiger partial charge is 0.457 e. The minimum absolute atomic E-state index is 0.149. The second-order valence-corrected chi connectivity index (χ2v) is 10.4.